The molecule has 0 fully saturated rings. The molecule has 1 aromatic heterocycles. The van der Waals surface area contributed by atoms with Gasteiger partial charge in [-0.3, -0.25) is 9.89 Å². The number of methoxy groups -OCH3 is 2. The predicted molar refractivity (Wildman–Crippen MR) is 123 cm³/mol. The van der Waals surface area contributed by atoms with Gasteiger partial charge in [0.15, 0.2) is 11.5 Å². The fraction of sp³-hybridized carbons (Fsp3) is 0.280. The number of allylic oxidation sites excluding steroid dienone is 1. The Morgan fingerprint density at radius 2 is 1.94 bits per heavy atom. The van der Waals surface area contributed by atoms with Gasteiger partial charge in [-0.25, -0.2) is 4.39 Å². The molecule has 0 aliphatic carbocycles. The molecule has 1 heterocycles. The van der Waals surface area contributed by atoms with Crippen molar-refractivity contribution in [2.24, 2.45) is 0 Å². The summed E-state index contributed by atoms with van der Waals surface area (Å²) in [4.78, 5) is 14.7. The van der Waals surface area contributed by atoms with Crippen molar-refractivity contribution in [2.45, 2.75) is 19.3 Å². The van der Waals surface area contributed by atoms with Gasteiger partial charge in [0.2, 0.25) is 0 Å². The van der Waals surface area contributed by atoms with E-state index >= 15 is 0 Å². The number of carbonyl (C=O) groups excluding carboxylic acids is 1. The summed E-state index contributed by atoms with van der Waals surface area (Å²) < 4.78 is 24.0. The van der Waals surface area contributed by atoms with Crippen LogP contribution in [-0.4, -0.2) is 48.8 Å². The van der Waals surface area contributed by atoms with E-state index in [-0.39, 0.29) is 11.7 Å². The molecule has 0 saturated carbocycles. The number of aromatic nitrogens is 2. The number of aromatic amines is 1. The van der Waals surface area contributed by atoms with Crippen LogP contribution in [0, 0.1) is 5.82 Å². The number of hydrogen-bond donors (Lipinski definition) is 1. The van der Waals surface area contributed by atoms with Crippen molar-refractivity contribution in [1.29, 1.82) is 0 Å². The summed E-state index contributed by atoms with van der Waals surface area (Å²) in [5.74, 6) is 0.772. The number of benzene rings is 2. The molecule has 3 rings (SSSR count). The normalized spacial score (nSPS) is 10.6. The van der Waals surface area contributed by atoms with Crippen molar-refractivity contribution in [3.63, 3.8) is 0 Å². The van der Waals surface area contributed by atoms with Gasteiger partial charge in [0, 0.05) is 36.0 Å². The number of nitrogens with zero attached hydrogens (tertiary/aromatic N) is 2. The summed E-state index contributed by atoms with van der Waals surface area (Å²) in [5, 5.41) is 7.31. The Morgan fingerprint density at radius 1 is 1.19 bits per heavy atom. The molecule has 0 aliphatic rings. The molecule has 0 unspecified atom stereocenters. The van der Waals surface area contributed by atoms with Crippen LogP contribution in [0.1, 0.15) is 28.0 Å². The van der Waals surface area contributed by atoms with E-state index in [0.717, 1.165) is 35.4 Å². The van der Waals surface area contributed by atoms with Gasteiger partial charge < -0.3 is 14.4 Å². The fourth-order valence-electron chi connectivity index (χ4n) is 3.56. The Kier molecular flexibility index (Phi) is 7.65. The monoisotopic (exact) mass is 437 g/mol. The van der Waals surface area contributed by atoms with Gasteiger partial charge in [-0.05, 0) is 61.7 Å². The van der Waals surface area contributed by atoms with Crippen LogP contribution in [0.15, 0.2) is 55.1 Å². The highest BCUT2D eigenvalue weighted by atomic mass is 19.1. The summed E-state index contributed by atoms with van der Waals surface area (Å²) >= 11 is 0. The lowest BCUT2D eigenvalue weighted by atomic mass is 10.0. The molecule has 0 bridgehead atoms. The van der Waals surface area contributed by atoms with Crippen molar-refractivity contribution in [3.05, 3.63) is 77.8 Å². The molecule has 1 amide bonds. The summed E-state index contributed by atoms with van der Waals surface area (Å²) in [6.45, 7) is 4.35. The SMILES string of the molecule is C=CCc1cc(C(=O)N(C)CCCc2cc(-c3ccc(F)cc3)n[nH]2)cc(OC)c1OC. The van der Waals surface area contributed by atoms with Crippen LogP contribution in [0.5, 0.6) is 11.5 Å². The summed E-state index contributed by atoms with van der Waals surface area (Å²) in [6, 6.07) is 11.7. The highest BCUT2D eigenvalue weighted by molar-refractivity contribution is 5.95. The average Bonchev–Trinajstić information content (AvgIpc) is 3.27. The standard InChI is InChI=1S/C25H28FN3O3/c1-5-7-18-14-19(15-23(31-3)24(18)32-4)25(30)29(2)13-6-8-21-16-22(28-27-21)17-9-11-20(26)12-10-17/h5,9-12,14-16H,1,6-8,13H2,2-4H3,(H,27,28). The lowest BCUT2D eigenvalue weighted by molar-refractivity contribution is 0.0793. The quantitative estimate of drug-likeness (QED) is 0.468. The van der Waals surface area contributed by atoms with Crippen LogP contribution >= 0.6 is 0 Å². The number of rotatable bonds is 10. The number of amides is 1. The van der Waals surface area contributed by atoms with E-state index in [1.54, 1.807) is 50.4 Å². The van der Waals surface area contributed by atoms with E-state index in [2.05, 4.69) is 16.8 Å². The van der Waals surface area contributed by atoms with Gasteiger partial charge in [-0.2, -0.15) is 5.10 Å². The molecule has 32 heavy (non-hydrogen) atoms. The van der Waals surface area contributed by atoms with E-state index in [1.165, 1.54) is 12.1 Å². The minimum atomic E-state index is -0.275. The molecule has 0 saturated heterocycles. The summed E-state index contributed by atoms with van der Waals surface area (Å²) in [5.41, 5.74) is 3.98. The first kappa shape index (κ1) is 23.1. The Hall–Kier alpha value is -3.61. The second-order valence-electron chi connectivity index (χ2n) is 7.48. The van der Waals surface area contributed by atoms with Crippen molar-refractivity contribution >= 4 is 5.91 Å². The Balaban J connectivity index is 1.62. The smallest absolute Gasteiger partial charge is 0.253 e. The molecule has 0 aliphatic heterocycles. The van der Waals surface area contributed by atoms with Gasteiger partial charge in [-0.15, -0.1) is 6.58 Å². The molecule has 6 nitrogen and oxygen atoms in total. The molecule has 0 radical (unpaired) electrons. The molecule has 3 aromatic rings. The summed E-state index contributed by atoms with van der Waals surface area (Å²) in [7, 11) is 4.91. The number of H-pyrrole nitrogens is 1. The first-order valence-electron chi connectivity index (χ1n) is 10.4. The predicted octanol–water partition coefficient (Wildman–Crippen LogP) is 4.67. The van der Waals surface area contributed by atoms with Crippen LogP contribution in [-0.2, 0) is 12.8 Å². The molecule has 168 valence electrons. The number of halogens is 1. The first-order valence-corrected chi connectivity index (χ1v) is 10.4. The van der Waals surface area contributed by atoms with E-state index < -0.39 is 0 Å². The Bertz CT molecular complexity index is 1080. The van der Waals surface area contributed by atoms with Crippen LogP contribution in [0.2, 0.25) is 0 Å². The van der Waals surface area contributed by atoms with Crippen molar-refractivity contribution in [1.82, 2.24) is 15.1 Å². The zero-order chi connectivity index (χ0) is 23.1. The largest absolute Gasteiger partial charge is 0.493 e. The second kappa shape index (κ2) is 10.6. The minimum absolute atomic E-state index is 0.0899. The molecule has 0 atom stereocenters. The maximum Gasteiger partial charge on any atom is 0.253 e. The third kappa shape index (κ3) is 5.35. The lowest BCUT2D eigenvalue weighted by Crippen LogP contribution is -2.28. The average molecular weight is 438 g/mol. The van der Waals surface area contributed by atoms with Crippen LogP contribution in [0.3, 0.4) is 0 Å². The van der Waals surface area contributed by atoms with Gasteiger partial charge in [0.25, 0.3) is 5.91 Å². The van der Waals surface area contributed by atoms with Gasteiger partial charge in [0.1, 0.15) is 5.82 Å². The zero-order valence-electron chi connectivity index (χ0n) is 18.7. The third-order valence-electron chi connectivity index (χ3n) is 5.22. The second-order valence-corrected chi connectivity index (χ2v) is 7.48. The van der Waals surface area contributed by atoms with Gasteiger partial charge in [0.05, 0.1) is 19.9 Å². The van der Waals surface area contributed by atoms with Gasteiger partial charge >= 0.3 is 0 Å². The maximum atomic E-state index is 13.1. The maximum absolute atomic E-state index is 13.1. The first-order chi connectivity index (χ1) is 15.5. The number of aryl methyl sites for hydroxylation is 1. The van der Waals surface area contributed by atoms with E-state index in [4.69, 9.17) is 9.47 Å². The highest BCUT2D eigenvalue weighted by Crippen LogP contribution is 2.33. The van der Waals surface area contributed by atoms with Crippen molar-refractivity contribution in [2.75, 3.05) is 27.8 Å². The van der Waals surface area contributed by atoms with Crippen molar-refractivity contribution < 1.29 is 18.7 Å². The van der Waals surface area contributed by atoms with E-state index in [1.807, 2.05) is 12.1 Å². The van der Waals surface area contributed by atoms with Crippen LogP contribution in [0.25, 0.3) is 11.3 Å². The minimum Gasteiger partial charge on any atom is -0.493 e. The number of nitrogens with one attached hydrogen (secondary N) is 1. The topological polar surface area (TPSA) is 67.5 Å². The number of ether oxygens (including phenoxy) is 2. The molecular formula is C25H28FN3O3. The Labute approximate surface area is 187 Å². The molecule has 0 spiro atoms. The zero-order valence-corrected chi connectivity index (χ0v) is 18.7. The Morgan fingerprint density at radius 3 is 2.59 bits per heavy atom. The van der Waals surface area contributed by atoms with Crippen molar-refractivity contribution in [3.8, 4) is 22.8 Å². The lowest BCUT2D eigenvalue weighted by Gasteiger charge is -2.19. The van der Waals surface area contributed by atoms with Crippen LogP contribution < -0.4 is 9.47 Å². The fourth-order valence-corrected chi connectivity index (χ4v) is 3.56. The third-order valence-corrected chi connectivity index (χ3v) is 5.22. The molecular weight excluding hydrogens is 409 g/mol. The molecule has 1 N–H and O–H groups in total. The van der Waals surface area contributed by atoms with Gasteiger partial charge in [-0.1, -0.05) is 6.08 Å². The van der Waals surface area contributed by atoms with Crippen LogP contribution in [0.4, 0.5) is 4.39 Å². The highest BCUT2D eigenvalue weighted by Gasteiger charge is 2.18. The molecule has 7 heteroatoms. The van der Waals surface area contributed by atoms with E-state index in [0.29, 0.717) is 30.0 Å². The number of carbonyl (C=O) groups is 1. The van der Waals surface area contributed by atoms with E-state index in [9.17, 15) is 9.18 Å². The summed E-state index contributed by atoms with van der Waals surface area (Å²) in [6.07, 6.45) is 3.83. The number of hydrogen-bond acceptors (Lipinski definition) is 4. The molecule has 2 aromatic carbocycles.